The van der Waals surface area contributed by atoms with Crippen molar-refractivity contribution in [3.05, 3.63) is 59.7 Å². The van der Waals surface area contributed by atoms with E-state index in [0.29, 0.717) is 31.0 Å². The zero-order chi connectivity index (χ0) is 20.6. The van der Waals surface area contributed by atoms with Crippen LogP contribution in [0.2, 0.25) is 0 Å². The SMILES string of the molecule is CCOC(=O)c1ccc(NC(=O)NCCOc2cccc(C(C)(C)C)c2)cc1. The van der Waals surface area contributed by atoms with Crippen molar-refractivity contribution in [1.29, 1.82) is 0 Å². The second-order valence-corrected chi connectivity index (χ2v) is 7.31. The number of anilines is 1. The third-order valence-corrected chi connectivity index (χ3v) is 4.01. The lowest BCUT2D eigenvalue weighted by atomic mass is 9.87. The van der Waals surface area contributed by atoms with E-state index in [-0.39, 0.29) is 17.4 Å². The summed E-state index contributed by atoms with van der Waals surface area (Å²) in [6, 6.07) is 14.2. The fourth-order valence-electron chi connectivity index (χ4n) is 2.47. The molecule has 0 bridgehead atoms. The van der Waals surface area contributed by atoms with Crippen LogP contribution in [0.5, 0.6) is 5.75 Å². The van der Waals surface area contributed by atoms with Crippen LogP contribution in [-0.2, 0) is 10.2 Å². The highest BCUT2D eigenvalue weighted by Crippen LogP contribution is 2.25. The van der Waals surface area contributed by atoms with Crippen LogP contribution in [0.3, 0.4) is 0 Å². The van der Waals surface area contributed by atoms with Crippen molar-refractivity contribution in [3.63, 3.8) is 0 Å². The van der Waals surface area contributed by atoms with Crippen molar-refractivity contribution < 1.29 is 19.1 Å². The van der Waals surface area contributed by atoms with Gasteiger partial charge in [-0.15, -0.1) is 0 Å². The topological polar surface area (TPSA) is 76.7 Å². The maximum Gasteiger partial charge on any atom is 0.338 e. The number of hydrogen-bond donors (Lipinski definition) is 2. The molecule has 2 amide bonds. The van der Waals surface area contributed by atoms with E-state index in [1.807, 2.05) is 18.2 Å². The van der Waals surface area contributed by atoms with Gasteiger partial charge in [0.1, 0.15) is 12.4 Å². The second-order valence-electron chi connectivity index (χ2n) is 7.31. The van der Waals surface area contributed by atoms with Gasteiger partial charge in [0.25, 0.3) is 0 Å². The van der Waals surface area contributed by atoms with Gasteiger partial charge in [0.2, 0.25) is 0 Å². The minimum absolute atomic E-state index is 0.0559. The first-order valence-electron chi connectivity index (χ1n) is 9.35. The van der Waals surface area contributed by atoms with Crippen molar-refractivity contribution in [2.75, 3.05) is 25.1 Å². The lowest BCUT2D eigenvalue weighted by Gasteiger charge is -2.19. The van der Waals surface area contributed by atoms with Gasteiger partial charge in [-0.1, -0.05) is 32.9 Å². The quantitative estimate of drug-likeness (QED) is 0.549. The van der Waals surface area contributed by atoms with Crippen LogP contribution in [0.15, 0.2) is 48.5 Å². The second kappa shape index (κ2) is 9.78. The van der Waals surface area contributed by atoms with Gasteiger partial charge in [-0.25, -0.2) is 9.59 Å². The molecular weight excluding hydrogens is 356 g/mol. The standard InChI is InChI=1S/C22H28N2O4/c1-5-27-20(25)16-9-11-18(12-10-16)24-21(26)23-13-14-28-19-8-6-7-17(15-19)22(2,3)4/h6-12,15H,5,13-14H2,1-4H3,(H2,23,24,26). The summed E-state index contributed by atoms with van der Waals surface area (Å²) in [5.74, 6) is 0.398. The van der Waals surface area contributed by atoms with Crippen molar-refractivity contribution in [2.24, 2.45) is 0 Å². The number of benzene rings is 2. The van der Waals surface area contributed by atoms with Gasteiger partial charge in [0.15, 0.2) is 0 Å². The van der Waals surface area contributed by atoms with E-state index in [1.165, 1.54) is 5.56 Å². The monoisotopic (exact) mass is 384 g/mol. The van der Waals surface area contributed by atoms with Gasteiger partial charge in [-0.2, -0.15) is 0 Å². The lowest BCUT2D eigenvalue weighted by molar-refractivity contribution is 0.0526. The molecule has 0 radical (unpaired) electrons. The van der Waals surface area contributed by atoms with E-state index in [4.69, 9.17) is 9.47 Å². The van der Waals surface area contributed by atoms with Gasteiger partial charge in [-0.3, -0.25) is 0 Å². The largest absolute Gasteiger partial charge is 0.492 e. The van der Waals surface area contributed by atoms with Crippen molar-refractivity contribution in [1.82, 2.24) is 5.32 Å². The Labute approximate surface area is 166 Å². The molecule has 2 rings (SSSR count). The summed E-state index contributed by atoms with van der Waals surface area (Å²) in [5, 5.41) is 5.45. The molecule has 2 N–H and O–H groups in total. The fourth-order valence-corrected chi connectivity index (χ4v) is 2.47. The molecule has 28 heavy (non-hydrogen) atoms. The molecule has 6 heteroatoms. The number of ether oxygens (including phenoxy) is 2. The summed E-state index contributed by atoms with van der Waals surface area (Å²) < 4.78 is 10.6. The average molecular weight is 384 g/mol. The van der Waals surface area contributed by atoms with E-state index in [0.717, 1.165) is 5.75 Å². The first kappa shape index (κ1) is 21.3. The molecule has 0 saturated heterocycles. The predicted octanol–water partition coefficient (Wildman–Crippen LogP) is 4.36. The summed E-state index contributed by atoms with van der Waals surface area (Å²) in [6.45, 7) is 9.26. The van der Waals surface area contributed by atoms with Crippen molar-refractivity contribution in [2.45, 2.75) is 33.1 Å². The van der Waals surface area contributed by atoms with Crippen molar-refractivity contribution >= 4 is 17.7 Å². The van der Waals surface area contributed by atoms with E-state index in [2.05, 4.69) is 37.5 Å². The van der Waals surface area contributed by atoms with E-state index in [1.54, 1.807) is 31.2 Å². The predicted molar refractivity (Wildman–Crippen MR) is 110 cm³/mol. The highest BCUT2D eigenvalue weighted by molar-refractivity contribution is 5.92. The highest BCUT2D eigenvalue weighted by atomic mass is 16.5. The van der Waals surface area contributed by atoms with Crippen LogP contribution in [0.25, 0.3) is 0 Å². The molecule has 2 aromatic carbocycles. The van der Waals surface area contributed by atoms with Gasteiger partial charge < -0.3 is 20.1 Å². The zero-order valence-corrected chi connectivity index (χ0v) is 16.9. The molecule has 0 spiro atoms. The summed E-state index contributed by atoms with van der Waals surface area (Å²) >= 11 is 0. The number of nitrogens with one attached hydrogen (secondary N) is 2. The zero-order valence-electron chi connectivity index (χ0n) is 16.9. The molecule has 0 saturated carbocycles. The fraction of sp³-hybridized carbons (Fsp3) is 0.364. The third-order valence-electron chi connectivity index (χ3n) is 4.01. The summed E-state index contributed by atoms with van der Waals surface area (Å²) in [5.41, 5.74) is 2.28. The lowest BCUT2D eigenvalue weighted by Crippen LogP contribution is -2.32. The molecule has 0 aliphatic carbocycles. The van der Waals surface area contributed by atoms with E-state index < -0.39 is 0 Å². The van der Waals surface area contributed by atoms with Crippen molar-refractivity contribution in [3.8, 4) is 5.75 Å². The number of carbonyl (C=O) groups is 2. The maximum absolute atomic E-state index is 12.0. The maximum atomic E-state index is 12.0. The van der Waals surface area contributed by atoms with Gasteiger partial charge in [0, 0.05) is 5.69 Å². The number of hydrogen-bond acceptors (Lipinski definition) is 4. The van der Waals surface area contributed by atoms with Crippen LogP contribution in [0.1, 0.15) is 43.6 Å². The molecule has 0 fully saturated rings. The Hall–Kier alpha value is -3.02. The van der Waals surface area contributed by atoms with Gasteiger partial charge in [-0.05, 0) is 54.3 Å². The van der Waals surface area contributed by atoms with Crippen LogP contribution >= 0.6 is 0 Å². The summed E-state index contributed by atoms with van der Waals surface area (Å²) in [4.78, 5) is 23.6. The number of urea groups is 1. The number of esters is 1. The van der Waals surface area contributed by atoms with Crippen LogP contribution < -0.4 is 15.4 Å². The molecular formula is C22H28N2O4. The molecule has 0 unspecified atom stereocenters. The average Bonchev–Trinajstić information content (AvgIpc) is 2.65. The highest BCUT2D eigenvalue weighted by Gasteiger charge is 2.14. The Morgan fingerprint density at radius 3 is 2.39 bits per heavy atom. The van der Waals surface area contributed by atoms with Crippen LogP contribution in [-0.4, -0.2) is 31.8 Å². The number of carbonyl (C=O) groups excluding carboxylic acids is 2. The molecule has 0 aliphatic heterocycles. The third kappa shape index (κ3) is 6.61. The Morgan fingerprint density at radius 1 is 1.04 bits per heavy atom. The Morgan fingerprint density at radius 2 is 1.75 bits per heavy atom. The van der Waals surface area contributed by atoms with E-state index >= 15 is 0 Å². The molecule has 2 aromatic rings. The van der Waals surface area contributed by atoms with Crippen LogP contribution in [0.4, 0.5) is 10.5 Å². The molecule has 0 aliphatic rings. The number of rotatable bonds is 7. The normalized spacial score (nSPS) is 10.9. The molecule has 0 atom stereocenters. The first-order chi connectivity index (χ1) is 13.3. The van der Waals surface area contributed by atoms with Gasteiger partial charge in [0.05, 0.1) is 18.7 Å². The van der Waals surface area contributed by atoms with Crippen LogP contribution in [0, 0.1) is 0 Å². The number of amides is 2. The molecule has 6 nitrogen and oxygen atoms in total. The molecule has 0 aromatic heterocycles. The Kier molecular flexibility index (Phi) is 7.44. The smallest absolute Gasteiger partial charge is 0.338 e. The minimum Gasteiger partial charge on any atom is -0.492 e. The molecule has 0 heterocycles. The Balaban J connectivity index is 1.75. The first-order valence-corrected chi connectivity index (χ1v) is 9.35. The summed E-state index contributed by atoms with van der Waals surface area (Å²) in [7, 11) is 0. The van der Waals surface area contributed by atoms with Gasteiger partial charge >= 0.3 is 12.0 Å². The summed E-state index contributed by atoms with van der Waals surface area (Å²) in [6.07, 6.45) is 0. The van der Waals surface area contributed by atoms with E-state index in [9.17, 15) is 9.59 Å². The Bertz CT molecular complexity index is 795. The minimum atomic E-state index is -0.383. The molecule has 150 valence electrons.